The van der Waals surface area contributed by atoms with Crippen molar-refractivity contribution in [2.75, 3.05) is 10.6 Å². The van der Waals surface area contributed by atoms with Crippen molar-refractivity contribution in [1.29, 1.82) is 0 Å². The zero-order chi connectivity index (χ0) is 49.8. The Balaban J connectivity index is 0.884. The van der Waals surface area contributed by atoms with Crippen molar-refractivity contribution < 1.29 is 8.83 Å². The summed E-state index contributed by atoms with van der Waals surface area (Å²) in [6.07, 6.45) is 0. The SMILES string of the molecule is CC1(C)c2cc(-c3cccc4cc(-c5ccccc5)c5oc6c(Nc7ccccc7)cccc6c5c34)ccc2-c2ccc(-c3cccc4cc(-c5ccccc5)c5oc6c(Nc7ccccc7)cccc6c5c34)cc21. The summed E-state index contributed by atoms with van der Waals surface area (Å²) in [5.41, 5.74) is 21.4. The molecule has 0 saturated heterocycles. The van der Waals surface area contributed by atoms with Crippen LogP contribution in [-0.4, -0.2) is 0 Å². The van der Waals surface area contributed by atoms with Gasteiger partial charge in [0.15, 0.2) is 11.2 Å². The first-order chi connectivity index (χ1) is 36.9. The van der Waals surface area contributed by atoms with E-state index < -0.39 is 0 Å². The van der Waals surface area contributed by atoms with E-state index in [1.54, 1.807) is 0 Å². The number of anilines is 4. The number of fused-ring (bicyclic) bond motifs is 13. The van der Waals surface area contributed by atoms with Crippen LogP contribution in [0.25, 0.3) is 121 Å². The molecule has 0 unspecified atom stereocenters. The van der Waals surface area contributed by atoms with Crippen molar-refractivity contribution in [2.45, 2.75) is 19.3 Å². The van der Waals surface area contributed by atoms with E-state index in [1.165, 1.54) is 66.1 Å². The molecule has 75 heavy (non-hydrogen) atoms. The molecular weight excluding hydrogens is 913 g/mol. The molecule has 15 rings (SSSR count). The van der Waals surface area contributed by atoms with Crippen LogP contribution >= 0.6 is 0 Å². The van der Waals surface area contributed by atoms with Crippen LogP contribution in [0.2, 0.25) is 0 Å². The minimum Gasteiger partial charge on any atom is -0.453 e. The molecule has 0 spiro atoms. The van der Waals surface area contributed by atoms with Crippen LogP contribution in [0.3, 0.4) is 0 Å². The lowest BCUT2D eigenvalue weighted by atomic mass is 9.80. The van der Waals surface area contributed by atoms with Gasteiger partial charge in [-0.15, -0.1) is 0 Å². The van der Waals surface area contributed by atoms with Gasteiger partial charge in [0.25, 0.3) is 0 Å². The Morgan fingerprint density at radius 2 is 0.693 bits per heavy atom. The first-order valence-electron chi connectivity index (χ1n) is 25.8. The summed E-state index contributed by atoms with van der Waals surface area (Å²) >= 11 is 0. The van der Waals surface area contributed by atoms with E-state index in [4.69, 9.17) is 8.83 Å². The standard InChI is InChI=1S/C71H48N2O2/c1-71(2)59-41-45(51-29-15-23-47-39-57(43-19-7-3-8-20-43)69-65(63(47)51)55-31-17-33-61(67(55)74-69)72-49-25-11-5-12-26-49)35-37-53(59)54-38-36-46(42-60(54)71)52-30-16-24-48-40-58(44-21-9-4-10-22-44)70-66(64(48)52)56-32-18-34-62(68(56)75-70)73-50-27-13-6-14-28-50/h3-42,72-73H,1-2H3. The molecule has 1 aliphatic rings. The van der Waals surface area contributed by atoms with Gasteiger partial charge >= 0.3 is 0 Å². The predicted octanol–water partition coefficient (Wildman–Crippen LogP) is 20.3. The first-order valence-corrected chi connectivity index (χ1v) is 25.8. The van der Waals surface area contributed by atoms with E-state index in [0.29, 0.717) is 0 Å². The minimum atomic E-state index is -0.294. The van der Waals surface area contributed by atoms with Gasteiger partial charge in [0, 0.05) is 60.2 Å². The van der Waals surface area contributed by atoms with E-state index in [0.717, 1.165) is 88.9 Å². The third kappa shape index (κ3) is 6.76. The molecule has 4 heteroatoms. The van der Waals surface area contributed by atoms with E-state index in [1.807, 2.05) is 12.1 Å². The van der Waals surface area contributed by atoms with Gasteiger partial charge in [-0.05, 0) is 127 Å². The molecule has 0 bridgehead atoms. The lowest BCUT2D eigenvalue weighted by Crippen LogP contribution is -2.15. The second-order valence-corrected chi connectivity index (χ2v) is 20.5. The van der Waals surface area contributed by atoms with Gasteiger partial charge in [0.2, 0.25) is 0 Å². The number of rotatable bonds is 8. The summed E-state index contributed by atoms with van der Waals surface area (Å²) in [4.78, 5) is 0. The molecule has 0 saturated carbocycles. The molecule has 354 valence electrons. The molecular formula is C71H48N2O2. The van der Waals surface area contributed by atoms with Crippen molar-refractivity contribution >= 4 is 88.2 Å². The Kier molecular flexibility index (Phi) is 9.58. The van der Waals surface area contributed by atoms with Crippen LogP contribution in [0.15, 0.2) is 251 Å². The second-order valence-electron chi connectivity index (χ2n) is 20.5. The number of para-hydroxylation sites is 4. The highest BCUT2D eigenvalue weighted by molar-refractivity contribution is 6.28. The van der Waals surface area contributed by atoms with Crippen molar-refractivity contribution in [3.05, 3.63) is 254 Å². The molecule has 4 nitrogen and oxygen atoms in total. The number of benzene rings is 12. The first kappa shape index (κ1) is 43.0. The average Bonchev–Trinajstić information content (AvgIpc) is 4.22. The highest BCUT2D eigenvalue weighted by Gasteiger charge is 2.36. The maximum absolute atomic E-state index is 7.09. The Hall–Kier alpha value is -9.64. The smallest absolute Gasteiger partial charge is 0.158 e. The molecule has 2 aromatic heterocycles. The molecule has 12 aromatic carbocycles. The van der Waals surface area contributed by atoms with Gasteiger partial charge in [-0.2, -0.15) is 0 Å². The molecule has 2 heterocycles. The largest absolute Gasteiger partial charge is 0.453 e. The third-order valence-corrected chi connectivity index (χ3v) is 15.8. The van der Waals surface area contributed by atoms with Crippen molar-refractivity contribution in [3.8, 4) is 55.6 Å². The van der Waals surface area contributed by atoms with Gasteiger partial charge in [-0.3, -0.25) is 0 Å². The average molecular weight is 961 g/mol. The monoisotopic (exact) mass is 960 g/mol. The highest BCUT2D eigenvalue weighted by atomic mass is 16.3. The number of nitrogens with one attached hydrogen (secondary N) is 2. The molecule has 1 aliphatic carbocycles. The Labute approximate surface area is 434 Å². The number of furan rings is 2. The van der Waals surface area contributed by atoms with Crippen LogP contribution in [0.5, 0.6) is 0 Å². The third-order valence-electron chi connectivity index (χ3n) is 15.8. The van der Waals surface area contributed by atoms with Gasteiger partial charge < -0.3 is 19.5 Å². The maximum Gasteiger partial charge on any atom is 0.158 e. The molecule has 0 fully saturated rings. The van der Waals surface area contributed by atoms with Gasteiger partial charge in [-0.1, -0.05) is 196 Å². The number of hydrogen-bond donors (Lipinski definition) is 2. The van der Waals surface area contributed by atoms with Crippen LogP contribution < -0.4 is 10.6 Å². The van der Waals surface area contributed by atoms with Gasteiger partial charge in [-0.25, -0.2) is 0 Å². The second kappa shape index (κ2) is 16.7. The topological polar surface area (TPSA) is 50.3 Å². The zero-order valence-electron chi connectivity index (χ0n) is 41.4. The molecule has 0 radical (unpaired) electrons. The molecule has 14 aromatic rings. The summed E-state index contributed by atoms with van der Waals surface area (Å²) in [5, 5.41) is 16.4. The van der Waals surface area contributed by atoms with Crippen LogP contribution in [0, 0.1) is 0 Å². The van der Waals surface area contributed by atoms with E-state index in [9.17, 15) is 0 Å². The fraction of sp³-hybridized carbons (Fsp3) is 0.0423. The summed E-state index contributed by atoms with van der Waals surface area (Å²) in [6.45, 7) is 4.78. The van der Waals surface area contributed by atoms with Gasteiger partial charge in [0.1, 0.15) is 11.2 Å². The van der Waals surface area contributed by atoms with Crippen LogP contribution in [0.4, 0.5) is 22.7 Å². The van der Waals surface area contributed by atoms with Crippen LogP contribution in [0.1, 0.15) is 25.0 Å². The fourth-order valence-electron chi connectivity index (χ4n) is 12.3. The Morgan fingerprint density at radius 1 is 0.293 bits per heavy atom. The highest BCUT2D eigenvalue weighted by Crippen LogP contribution is 2.53. The normalized spacial score (nSPS) is 12.8. The molecule has 2 N–H and O–H groups in total. The Morgan fingerprint density at radius 3 is 1.12 bits per heavy atom. The van der Waals surface area contributed by atoms with Crippen LogP contribution in [-0.2, 0) is 5.41 Å². The van der Waals surface area contributed by atoms with Crippen molar-refractivity contribution in [1.82, 2.24) is 0 Å². The van der Waals surface area contributed by atoms with E-state index in [-0.39, 0.29) is 5.41 Å². The minimum absolute atomic E-state index is 0.294. The summed E-state index contributed by atoms with van der Waals surface area (Å²) < 4.78 is 14.2. The lowest BCUT2D eigenvalue weighted by Gasteiger charge is -2.23. The summed E-state index contributed by atoms with van der Waals surface area (Å²) in [5.74, 6) is 0. The maximum atomic E-state index is 7.09. The number of hydrogen-bond acceptors (Lipinski definition) is 4. The molecule has 0 amide bonds. The summed E-state index contributed by atoms with van der Waals surface area (Å²) in [6, 6.07) is 87.2. The fourth-order valence-corrected chi connectivity index (χ4v) is 12.3. The lowest BCUT2D eigenvalue weighted by molar-refractivity contribution is 0.661. The van der Waals surface area contributed by atoms with Gasteiger partial charge in [0.05, 0.1) is 11.4 Å². The zero-order valence-corrected chi connectivity index (χ0v) is 41.4. The van der Waals surface area contributed by atoms with Crippen molar-refractivity contribution in [2.24, 2.45) is 0 Å². The van der Waals surface area contributed by atoms with E-state index in [2.05, 4.69) is 255 Å². The molecule has 0 atom stereocenters. The summed E-state index contributed by atoms with van der Waals surface area (Å²) in [7, 11) is 0. The quantitative estimate of drug-likeness (QED) is 0.159. The Bertz CT molecular complexity index is 4300. The van der Waals surface area contributed by atoms with Crippen molar-refractivity contribution in [3.63, 3.8) is 0 Å². The van der Waals surface area contributed by atoms with E-state index >= 15 is 0 Å². The molecule has 0 aliphatic heterocycles. The predicted molar refractivity (Wildman–Crippen MR) is 315 cm³/mol.